The average Bonchev–Trinajstić information content (AvgIpc) is 2.89. The van der Waals surface area contributed by atoms with Crippen LogP contribution < -0.4 is 0 Å². The molecular weight excluding hydrogens is 220 g/mol. The van der Waals surface area contributed by atoms with E-state index in [2.05, 4.69) is 0 Å². The van der Waals surface area contributed by atoms with E-state index >= 15 is 0 Å². The third-order valence-electron chi connectivity index (χ3n) is 2.73. The van der Waals surface area contributed by atoms with Crippen molar-refractivity contribution in [2.45, 2.75) is 18.9 Å². The molecule has 2 rings (SSSR count). The molecule has 1 aliphatic heterocycles. The van der Waals surface area contributed by atoms with E-state index in [0.29, 0.717) is 32.5 Å². The molecule has 0 N–H and O–H groups in total. The van der Waals surface area contributed by atoms with Crippen LogP contribution in [-0.2, 0) is 16.0 Å². The lowest BCUT2D eigenvalue weighted by Gasteiger charge is -2.29. The minimum absolute atomic E-state index is 0.0463. The number of carbonyl (C=O) groups excluding carboxylic acids is 1. The fraction of sp³-hybridized carbons (Fsp3) is 0.500. The minimum atomic E-state index is -0.490. The van der Waals surface area contributed by atoms with Gasteiger partial charge in [-0.15, -0.1) is 0 Å². The van der Waals surface area contributed by atoms with Crippen molar-refractivity contribution in [1.82, 2.24) is 4.90 Å². The number of amides is 1. The third kappa shape index (κ3) is 3.08. The summed E-state index contributed by atoms with van der Waals surface area (Å²) in [4.78, 5) is 13.6. The Morgan fingerprint density at radius 3 is 3.24 bits per heavy atom. The maximum Gasteiger partial charge on any atom is 0.223 e. The standard InChI is InChI=1S/C12H14N2O3/c13-8-11-9-14(5-7-17-11)12(15)4-3-10-2-1-6-16-10/h1-2,6,11H,3-5,7,9H2. The van der Waals surface area contributed by atoms with Crippen LogP contribution in [0.5, 0.6) is 0 Å². The van der Waals surface area contributed by atoms with Gasteiger partial charge in [0.25, 0.3) is 0 Å². The lowest BCUT2D eigenvalue weighted by atomic mass is 10.2. The number of aryl methyl sites for hydroxylation is 1. The molecule has 1 amide bonds. The number of nitrogens with zero attached hydrogens (tertiary/aromatic N) is 2. The first-order valence-electron chi connectivity index (χ1n) is 5.61. The average molecular weight is 234 g/mol. The number of ether oxygens (including phenoxy) is 1. The van der Waals surface area contributed by atoms with Crippen molar-refractivity contribution in [2.24, 2.45) is 0 Å². The summed E-state index contributed by atoms with van der Waals surface area (Å²) in [7, 11) is 0. The van der Waals surface area contributed by atoms with E-state index in [9.17, 15) is 4.79 Å². The van der Waals surface area contributed by atoms with Gasteiger partial charge in [0.2, 0.25) is 5.91 Å². The molecule has 0 radical (unpaired) electrons. The Labute approximate surface area is 99.6 Å². The predicted octanol–water partition coefficient (Wildman–Crippen LogP) is 0.963. The quantitative estimate of drug-likeness (QED) is 0.781. The first-order valence-corrected chi connectivity index (χ1v) is 5.61. The smallest absolute Gasteiger partial charge is 0.223 e. The Morgan fingerprint density at radius 2 is 2.53 bits per heavy atom. The van der Waals surface area contributed by atoms with Gasteiger partial charge in [0.1, 0.15) is 5.76 Å². The minimum Gasteiger partial charge on any atom is -0.469 e. The molecule has 1 saturated heterocycles. The summed E-state index contributed by atoms with van der Waals surface area (Å²) >= 11 is 0. The monoisotopic (exact) mass is 234 g/mol. The number of rotatable bonds is 3. The van der Waals surface area contributed by atoms with Gasteiger partial charge >= 0.3 is 0 Å². The molecule has 0 bridgehead atoms. The van der Waals surface area contributed by atoms with Crippen molar-refractivity contribution in [3.63, 3.8) is 0 Å². The molecule has 0 spiro atoms. The molecule has 1 aliphatic rings. The molecule has 5 heteroatoms. The molecule has 0 aromatic carbocycles. The second-order valence-electron chi connectivity index (χ2n) is 3.91. The maximum absolute atomic E-state index is 11.9. The number of hydrogen-bond donors (Lipinski definition) is 0. The van der Waals surface area contributed by atoms with E-state index in [1.165, 1.54) is 0 Å². The Kier molecular flexibility index (Phi) is 3.78. The first-order chi connectivity index (χ1) is 8.29. The van der Waals surface area contributed by atoms with Gasteiger partial charge in [-0.3, -0.25) is 4.79 Å². The van der Waals surface area contributed by atoms with Crippen molar-refractivity contribution in [2.75, 3.05) is 19.7 Å². The summed E-state index contributed by atoms with van der Waals surface area (Å²) in [6, 6.07) is 5.68. The summed E-state index contributed by atoms with van der Waals surface area (Å²) in [5, 5.41) is 8.74. The van der Waals surface area contributed by atoms with Crippen LogP contribution in [0.15, 0.2) is 22.8 Å². The largest absolute Gasteiger partial charge is 0.469 e. The predicted molar refractivity (Wildman–Crippen MR) is 59.0 cm³/mol. The Balaban J connectivity index is 1.81. The number of furan rings is 1. The van der Waals surface area contributed by atoms with E-state index in [4.69, 9.17) is 14.4 Å². The fourth-order valence-corrected chi connectivity index (χ4v) is 1.80. The molecular formula is C12H14N2O3. The summed E-state index contributed by atoms with van der Waals surface area (Å²) in [5.74, 6) is 0.855. The van der Waals surface area contributed by atoms with Gasteiger partial charge in [0, 0.05) is 19.4 Å². The van der Waals surface area contributed by atoms with E-state index in [-0.39, 0.29) is 5.91 Å². The molecule has 5 nitrogen and oxygen atoms in total. The molecule has 2 heterocycles. The van der Waals surface area contributed by atoms with Gasteiger partial charge in [-0.25, -0.2) is 0 Å². The van der Waals surface area contributed by atoms with Crippen LogP contribution in [0.1, 0.15) is 12.2 Å². The highest BCUT2D eigenvalue weighted by molar-refractivity contribution is 5.76. The van der Waals surface area contributed by atoms with Crippen LogP contribution in [0.2, 0.25) is 0 Å². The van der Waals surface area contributed by atoms with E-state index in [1.54, 1.807) is 17.2 Å². The van der Waals surface area contributed by atoms with Gasteiger partial charge in [0.05, 0.1) is 25.5 Å². The Hall–Kier alpha value is -1.80. The second-order valence-corrected chi connectivity index (χ2v) is 3.91. The highest BCUT2D eigenvalue weighted by Gasteiger charge is 2.23. The van der Waals surface area contributed by atoms with Crippen LogP contribution in [0, 0.1) is 11.3 Å². The summed E-state index contributed by atoms with van der Waals surface area (Å²) < 4.78 is 10.4. The lowest BCUT2D eigenvalue weighted by Crippen LogP contribution is -2.45. The van der Waals surface area contributed by atoms with Crippen molar-refractivity contribution < 1.29 is 13.9 Å². The van der Waals surface area contributed by atoms with Gasteiger partial charge in [0.15, 0.2) is 6.10 Å². The third-order valence-corrected chi connectivity index (χ3v) is 2.73. The van der Waals surface area contributed by atoms with Crippen LogP contribution >= 0.6 is 0 Å². The van der Waals surface area contributed by atoms with Crippen LogP contribution in [0.4, 0.5) is 0 Å². The Morgan fingerprint density at radius 1 is 1.65 bits per heavy atom. The topological polar surface area (TPSA) is 66.5 Å². The zero-order chi connectivity index (χ0) is 12.1. The highest BCUT2D eigenvalue weighted by atomic mass is 16.5. The SMILES string of the molecule is N#CC1CN(C(=O)CCc2ccco2)CCO1. The zero-order valence-corrected chi connectivity index (χ0v) is 9.46. The van der Waals surface area contributed by atoms with Gasteiger partial charge in [-0.1, -0.05) is 0 Å². The Bertz CT molecular complexity index is 408. The van der Waals surface area contributed by atoms with Gasteiger partial charge < -0.3 is 14.1 Å². The molecule has 1 aromatic heterocycles. The highest BCUT2D eigenvalue weighted by Crippen LogP contribution is 2.09. The zero-order valence-electron chi connectivity index (χ0n) is 9.46. The van der Waals surface area contributed by atoms with Crippen LogP contribution in [0.25, 0.3) is 0 Å². The molecule has 1 fully saturated rings. The number of hydrogen-bond acceptors (Lipinski definition) is 4. The normalized spacial score (nSPS) is 19.9. The number of nitriles is 1. The summed E-state index contributed by atoms with van der Waals surface area (Å²) in [5.41, 5.74) is 0. The summed E-state index contributed by atoms with van der Waals surface area (Å²) in [6.45, 7) is 1.37. The number of carbonyl (C=O) groups is 1. The van der Waals surface area contributed by atoms with Crippen molar-refractivity contribution >= 4 is 5.91 Å². The van der Waals surface area contributed by atoms with Gasteiger partial charge in [-0.05, 0) is 12.1 Å². The molecule has 0 saturated carbocycles. The van der Waals surface area contributed by atoms with E-state index in [1.807, 2.05) is 12.1 Å². The lowest BCUT2D eigenvalue weighted by molar-refractivity contribution is -0.137. The second kappa shape index (κ2) is 5.51. The van der Waals surface area contributed by atoms with Crippen molar-refractivity contribution in [1.29, 1.82) is 5.26 Å². The van der Waals surface area contributed by atoms with Crippen LogP contribution in [0.3, 0.4) is 0 Å². The van der Waals surface area contributed by atoms with E-state index in [0.717, 1.165) is 5.76 Å². The molecule has 1 unspecified atom stereocenters. The fourth-order valence-electron chi connectivity index (χ4n) is 1.80. The van der Waals surface area contributed by atoms with Crippen molar-refractivity contribution in [3.05, 3.63) is 24.2 Å². The first kappa shape index (κ1) is 11.7. The number of morpholine rings is 1. The molecule has 90 valence electrons. The van der Waals surface area contributed by atoms with Crippen molar-refractivity contribution in [3.8, 4) is 6.07 Å². The molecule has 1 aromatic rings. The molecule has 17 heavy (non-hydrogen) atoms. The molecule has 0 aliphatic carbocycles. The maximum atomic E-state index is 11.9. The van der Waals surface area contributed by atoms with E-state index < -0.39 is 6.10 Å². The molecule has 1 atom stereocenters. The van der Waals surface area contributed by atoms with Crippen LogP contribution in [-0.4, -0.2) is 36.6 Å². The summed E-state index contributed by atoms with van der Waals surface area (Å²) in [6.07, 6.45) is 2.11. The van der Waals surface area contributed by atoms with Gasteiger partial charge in [-0.2, -0.15) is 5.26 Å².